The molecule has 1 fully saturated rings. The summed E-state index contributed by atoms with van der Waals surface area (Å²) in [6, 6.07) is 0. The number of halogens is 1. The average Bonchev–Trinajstić information content (AvgIpc) is 2.64. The van der Waals surface area contributed by atoms with E-state index in [2.05, 4.69) is 12.0 Å². The van der Waals surface area contributed by atoms with Gasteiger partial charge in [0, 0.05) is 17.8 Å². The molecule has 1 aliphatic rings. The summed E-state index contributed by atoms with van der Waals surface area (Å²) in [6.07, 6.45) is 7.86. The van der Waals surface area contributed by atoms with Crippen LogP contribution in [-0.4, -0.2) is 22.3 Å². The van der Waals surface area contributed by atoms with Crippen LogP contribution >= 0.6 is 11.6 Å². The molecule has 1 aromatic rings. The molecule has 0 N–H and O–H groups in total. The van der Waals surface area contributed by atoms with Crippen molar-refractivity contribution in [2.75, 3.05) is 7.11 Å². The largest absolute Gasteiger partial charge is 0.493 e. The number of alkyl halides is 1. The Hall–Kier alpha value is -0.700. The smallest absolute Gasteiger partial charge is 0.160 e. The molecule has 4 heteroatoms. The Labute approximate surface area is 108 Å². The molecule has 1 aromatic heterocycles. The molecule has 0 bridgehead atoms. The predicted octanol–water partition coefficient (Wildman–Crippen LogP) is 3.57. The minimum Gasteiger partial charge on any atom is -0.493 e. The van der Waals surface area contributed by atoms with E-state index in [4.69, 9.17) is 16.3 Å². The minimum atomic E-state index is 0.216. The van der Waals surface area contributed by atoms with E-state index in [1.165, 1.54) is 25.0 Å². The fraction of sp³-hybridized carbons (Fsp3) is 0.769. The standard InChI is InChI=1S/C13H21ClN2O/c1-3-16-13(12(17-2)9-15-16)10-7-5-4-6-8-11(10)14/h9-11H,3-8H2,1-2H3. The molecule has 0 aliphatic heterocycles. The molecule has 3 nitrogen and oxygen atoms in total. The van der Waals surface area contributed by atoms with Gasteiger partial charge in [-0.1, -0.05) is 19.3 Å². The molecule has 2 atom stereocenters. The van der Waals surface area contributed by atoms with Crippen molar-refractivity contribution in [3.8, 4) is 5.75 Å². The summed E-state index contributed by atoms with van der Waals surface area (Å²) < 4.78 is 7.46. The topological polar surface area (TPSA) is 27.1 Å². The predicted molar refractivity (Wildman–Crippen MR) is 69.9 cm³/mol. The maximum Gasteiger partial charge on any atom is 0.160 e. The molecule has 96 valence electrons. The van der Waals surface area contributed by atoms with Crippen molar-refractivity contribution in [3.05, 3.63) is 11.9 Å². The molecule has 0 saturated heterocycles. The van der Waals surface area contributed by atoms with Crippen LogP contribution in [0.15, 0.2) is 6.20 Å². The van der Waals surface area contributed by atoms with Crippen LogP contribution in [0, 0.1) is 0 Å². The summed E-state index contributed by atoms with van der Waals surface area (Å²) in [5.74, 6) is 1.28. The summed E-state index contributed by atoms with van der Waals surface area (Å²) in [5, 5.41) is 4.59. The van der Waals surface area contributed by atoms with E-state index < -0.39 is 0 Å². The summed E-state index contributed by atoms with van der Waals surface area (Å²) >= 11 is 6.54. The Morgan fingerprint density at radius 1 is 1.41 bits per heavy atom. The van der Waals surface area contributed by atoms with Crippen molar-refractivity contribution in [1.82, 2.24) is 9.78 Å². The molecule has 1 saturated carbocycles. The van der Waals surface area contributed by atoms with Crippen molar-refractivity contribution in [3.63, 3.8) is 0 Å². The highest BCUT2D eigenvalue weighted by Crippen LogP contribution is 2.39. The molecule has 17 heavy (non-hydrogen) atoms. The molecule has 0 aromatic carbocycles. The maximum atomic E-state index is 6.54. The van der Waals surface area contributed by atoms with Gasteiger partial charge in [0.15, 0.2) is 5.75 Å². The lowest BCUT2D eigenvalue weighted by atomic mass is 9.95. The first-order chi connectivity index (χ1) is 8.27. The van der Waals surface area contributed by atoms with Crippen LogP contribution < -0.4 is 4.74 Å². The van der Waals surface area contributed by atoms with E-state index in [0.29, 0.717) is 5.92 Å². The number of rotatable bonds is 3. The van der Waals surface area contributed by atoms with E-state index in [9.17, 15) is 0 Å². The number of nitrogens with zero attached hydrogens (tertiary/aromatic N) is 2. The molecule has 0 amide bonds. The van der Waals surface area contributed by atoms with Gasteiger partial charge < -0.3 is 4.74 Å². The SMILES string of the molecule is CCn1ncc(OC)c1C1CCCCCC1Cl. The highest BCUT2D eigenvalue weighted by Gasteiger charge is 2.29. The Morgan fingerprint density at radius 3 is 2.88 bits per heavy atom. The number of methoxy groups -OCH3 is 1. The van der Waals surface area contributed by atoms with Gasteiger partial charge in [0.05, 0.1) is 19.0 Å². The second kappa shape index (κ2) is 5.76. The molecule has 0 radical (unpaired) electrons. The van der Waals surface area contributed by atoms with Crippen LogP contribution in [0.25, 0.3) is 0 Å². The lowest BCUT2D eigenvalue weighted by molar-refractivity contribution is 0.396. The van der Waals surface area contributed by atoms with Gasteiger partial charge in [0.25, 0.3) is 0 Å². The van der Waals surface area contributed by atoms with Crippen molar-refractivity contribution in [2.45, 2.75) is 56.9 Å². The van der Waals surface area contributed by atoms with Gasteiger partial charge in [-0.2, -0.15) is 5.10 Å². The minimum absolute atomic E-state index is 0.216. The van der Waals surface area contributed by atoms with Gasteiger partial charge in [-0.15, -0.1) is 11.6 Å². The third-order valence-electron chi connectivity index (χ3n) is 3.65. The molecule has 2 rings (SSSR count). The number of ether oxygens (including phenoxy) is 1. The second-order valence-electron chi connectivity index (χ2n) is 4.67. The lowest BCUT2D eigenvalue weighted by Crippen LogP contribution is -2.17. The van der Waals surface area contributed by atoms with Gasteiger partial charge in [-0.05, 0) is 19.8 Å². The van der Waals surface area contributed by atoms with Crippen LogP contribution in [-0.2, 0) is 6.54 Å². The van der Waals surface area contributed by atoms with Crippen LogP contribution in [0.3, 0.4) is 0 Å². The summed E-state index contributed by atoms with van der Waals surface area (Å²) in [7, 11) is 1.71. The molecular formula is C13H21ClN2O. The van der Waals surface area contributed by atoms with Gasteiger partial charge in [0.2, 0.25) is 0 Å². The van der Waals surface area contributed by atoms with Crippen LogP contribution in [0.4, 0.5) is 0 Å². The number of aromatic nitrogens is 2. The monoisotopic (exact) mass is 256 g/mol. The quantitative estimate of drug-likeness (QED) is 0.611. The fourth-order valence-electron chi connectivity index (χ4n) is 2.73. The van der Waals surface area contributed by atoms with Crippen LogP contribution in [0.2, 0.25) is 0 Å². The number of aryl methyl sites for hydroxylation is 1. The highest BCUT2D eigenvalue weighted by molar-refractivity contribution is 6.21. The Bertz CT molecular complexity index is 343. The summed E-state index contributed by atoms with van der Waals surface area (Å²) in [5.41, 5.74) is 1.19. The number of hydrogen-bond donors (Lipinski definition) is 0. The van der Waals surface area contributed by atoms with E-state index in [-0.39, 0.29) is 5.38 Å². The molecule has 2 unspecified atom stereocenters. The zero-order valence-corrected chi connectivity index (χ0v) is 11.4. The van der Waals surface area contributed by atoms with E-state index >= 15 is 0 Å². The first-order valence-corrected chi connectivity index (χ1v) is 6.95. The molecule has 1 heterocycles. The van der Waals surface area contributed by atoms with Crippen LogP contribution in [0.5, 0.6) is 5.75 Å². The summed E-state index contributed by atoms with van der Waals surface area (Å²) in [4.78, 5) is 0. The van der Waals surface area contributed by atoms with E-state index in [1.807, 2.05) is 10.9 Å². The van der Waals surface area contributed by atoms with Crippen molar-refractivity contribution in [2.24, 2.45) is 0 Å². The van der Waals surface area contributed by atoms with Gasteiger partial charge in [-0.25, -0.2) is 0 Å². The maximum absolute atomic E-state index is 6.54. The first-order valence-electron chi connectivity index (χ1n) is 6.51. The van der Waals surface area contributed by atoms with Gasteiger partial charge in [0.1, 0.15) is 0 Å². The average molecular weight is 257 g/mol. The molecule has 1 aliphatic carbocycles. The Balaban J connectivity index is 2.32. The zero-order valence-electron chi connectivity index (χ0n) is 10.7. The lowest BCUT2D eigenvalue weighted by Gasteiger charge is -2.21. The van der Waals surface area contributed by atoms with E-state index in [0.717, 1.165) is 25.1 Å². The normalized spacial score (nSPS) is 25.6. The van der Waals surface area contributed by atoms with Crippen molar-refractivity contribution in [1.29, 1.82) is 0 Å². The first kappa shape index (κ1) is 12.7. The number of hydrogen-bond acceptors (Lipinski definition) is 2. The summed E-state index contributed by atoms with van der Waals surface area (Å²) in [6.45, 7) is 2.98. The van der Waals surface area contributed by atoms with Gasteiger partial charge >= 0.3 is 0 Å². The van der Waals surface area contributed by atoms with Crippen molar-refractivity contribution < 1.29 is 4.74 Å². The highest BCUT2D eigenvalue weighted by atomic mass is 35.5. The third-order valence-corrected chi connectivity index (χ3v) is 4.17. The third kappa shape index (κ3) is 2.59. The molecular weight excluding hydrogens is 236 g/mol. The molecule has 0 spiro atoms. The second-order valence-corrected chi connectivity index (χ2v) is 5.24. The van der Waals surface area contributed by atoms with Crippen molar-refractivity contribution >= 4 is 11.6 Å². The Kier molecular flexibility index (Phi) is 4.32. The van der Waals surface area contributed by atoms with Gasteiger partial charge in [-0.3, -0.25) is 4.68 Å². The zero-order chi connectivity index (χ0) is 12.3. The fourth-order valence-corrected chi connectivity index (χ4v) is 3.13. The Morgan fingerprint density at radius 2 is 2.18 bits per heavy atom. The van der Waals surface area contributed by atoms with E-state index in [1.54, 1.807) is 7.11 Å². The van der Waals surface area contributed by atoms with Crippen LogP contribution in [0.1, 0.15) is 50.6 Å².